The van der Waals surface area contributed by atoms with E-state index in [9.17, 15) is 9.59 Å². The maximum Gasteiger partial charge on any atom is 0.332 e. The number of nitrogens with two attached hydrogens (primary N) is 1. The Kier molecular flexibility index (Phi) is 11.9. The summed E-state index contributed by atoms with van der Waals surface area (Å²) < 4.78 is 4.78. The average molecular weight is 302 g/mol. The van der Waals surface area contributed by atoms with Crippen LogP contribution >= 0.6 is 0 Å². The Bertz CT molecular complexity index is 297. The molecular formula is C15H30N2O4. The fourth-order valence-electron chi connectivity index (χ4n) is 2.03. The molecule has 6 heteroatoms. The van der Waals surface area contributed by atoms with Crippen LogP contribution in [0.2, 0.25) is 0 Å². The average Bonchev–Trinajstić information content (AvgIpc) is 2.48. The second-order valence-electron chi connectivity index (χ2n) is 5.05. The van der Waals surface area contributed by atoms with Gasteiger partial charge in [0, 0.05) is 19.7 Å². The first-order valence-corrected chi connectivity index (χ1v) is 7.90. The normalized spacial score (nSPS) is 12.0. The highest BCUT2D eigenvalue weighted by Crippen LogP contribution is 2.06. The molecule has 0 aromatic rings. The molecule has 3 N–H and O–H groups in total. The molecule has 0 spiro atoms. The Morgan fingerprint density at radius 3 is 2.29 bits per heavy atom. The number of nitrogens with zero attached hydrogens (tertiary/aromatic N) is 1. The number of ether oxygens (including phenoxy) is 1. The number of carbonyl (C=O) groups is 2. The summed E-state index contributed by atoms with van der Waals surface area (Å²) in [5.41, 5.74) is 5.64. The van der Waals surface area contributed by atoms with Gasteiger partial charge in [-0.1, -0.05) is 32.6 Å². The largest absolute Gasteiger partial charge is 0.464 e. The summed E-state index contributed by atoms with van der Waals surface area (Å²) in [6.07, 6.45) is 5.91. The molecule has 1 unspecified atom stereocenters. The van der Waals surface area contributed by atoms with E-state index < -0.39 is 17.9 Å². The minimum Gasteiger partial charge on any atom is -0.464 e. The van der Waals surface area contributed by atoms with Crippen molar-refractivity contribution in [3.63, 3.8) is 0 Å². The quantitative estimate of drug-likeness (QED) is 0.319. The third-order valence-corrected chi connectivity index (χ3v) is 3.24. The van der Waals surface area contributed by atoms with E-state index >= 15 is 0 Å². The first-order chi connectivity index (χ1) is 10.1. The molecule has 1 atom stereocenters. The number of amides is 1. The maximum atomic E-state index is 12.2. The number of hydrogen-bond acceptors (Lipinski definition) is 5. The molecule has 0 radical (unpaired) electrons. The highest BCUT2D eigenvalue weighted by atomic mass is 16.5. The summed E-state index contributed by atoms with van der Waals surface area (Å²) in [7, 11) is 0. The van der Waals surface area contributed by atoms with Gasteiger partial charge in [0.15, 0.2) is 6.04 Å². The third-order valence-electron chi connectivity index (χ3n) is 3.24. The Balaban J connectivity index is 4.36. The highest BCUT2D eigenvalue weighted by Gasteiger charge is 2.27. The van der Waals surface area contributed by atoms with E-state index in [1.807, 2.05) is 0 Å². The van der Waals surface area contributed by atoms with Crippen LogP contribution in [0, 0.1) is 0 Å². The van der Waals surface area contributed by atoms with Crippen LogP contribution in [0.4, 0.5) is 0 Å². The van der Waals surface area contributed by atoms with Crippen LogP contribution in [-0.4, -0.2) is 54.2 Å². The van der Waals surface area contributed by atoms with Crippen molar-refractivity contribution in [2.45, 2.75) is 58.4 Å². The molecule has 6 nitrogen and oxygen atoms in total. The number of esters is 1. The molecule has 0 saturated heterocycles. The fourth-order valence-corrected chi connectivity index (χ4v) is 2.03. The lowest BCUT2D eigenvalue weighted by Crippen LogP contribution is -2.49. The molecule has 0 aliphatic rings. The molecule has 0 bridgehead atoms. The second-order valence-corrected chi connectivity index (χ2v) is 5.05. The number of aliphatic hydroxyl groups is 1. The lowest BCUT2D eigenvalue weighted by Gasteiger charge is -2.24. The minimum absolute atomic E-state index is 0.00819. The number of carbonyl (C=O) groups excluding carboxylic acids is 2. The molecule has 0 heterocycles. The summed E-state index contributed by atoms with van der Waals surface area (Å²) in [6, 6.07) is -1.26. The molecule has 21 heavy (non-hydrogen) atoms. The lowest BCUT2D eigenvalue weighted by atomic mass is 10.1. The van der Waals surface area contributed by atoms with Crippen LogP contribution in [0.1, 0.15) is 52.4 Å². The van der Waals surface area contributed by atoms with Crippen LogP contribution in [-0.2, 0) is 14.3 Å². The minimum atomic E-state index is -1.26. The van der Waals surface area contributed by atoms with Crippen molar-refractivity contribution < 1.29 is 19.4 Å². The van der Waals surface area contributed by atoms with E-state index in [0.717, 1.165) is 19.3 Å². The highest BCUT2D eigenvalue weighted by molar-refractivity contribution is 6.01. The van der Waals surface area contributed by atoms with Gasteiger partial charge in [-0.2, -0.15) is 0 Å². The zero-order chi connectivity index (χ0) is 16.1. The number of aliphatic hydroxyl groups excluding tert-OH is 1. The van der Waals surface area contributed by atoms with Crippen LogP contribution in [0.25, 0.3) is 0 Å². The van der Waals surface area contributed by atoms with Gasteiger partial charge in [-0.25, -0.2) is 4.79 Å². The summed E-state index contributed by atoms with van der Waals surface area (Å²) in [5.74, 6) is -1.11. The Morgan fingerprint density at radius 2 is 1.71 bits per heavy atom. The van der Waals surface area contributed by atoms with Crippen molar-refractivity contribution >= 4 is 11.9 Å². The number of rotatable bonds is 12. The molecular weight excluding hydrogens is 272 g/mol. The van der Waals surface area contributed by atoms with E-state index in [0.29, 0.717) is 19.5 Å². The molecule has 0 fully saturated rings. The molecule has 0 saturated carbocycles. The van der Waals surface area contributed by atoms with E-state index in [-0.39, 0.29) is 13.2 Å². The maximum absolute atomic E-state index is 12.2. The summed E-state index contributed by atoms with van der Waals surface area (Å²) >= 11 is 0. The fraction of sp³-hybridized carbons (Fsp3) is 0.867. The van der Waals surface area contributed by atoms with Crippen molar-refractivity contribution in [3.05, 3.63) is 0 Å². The molecule has 0 aliphatic heterocycles. The summed E-state index contributed by atoms with van der Waals surface area (Å²) in [5, 5.41) is 8.91. The molecule has 0 rings (SSSR count). The van der Waals surface area contributed by atoms with Crippen molar-refractivity contribution in [2.75, 3.05) is 26.3 Å². The zero-order valence-corrected chi connectivity index (χ0v) is 13.3. The van der Waals surface area contributed by atoms with Crippen LogP contribution in [0.3, 0.4) is 0 Å². The van der Waals surface area contributed by atoms with Gasteiger partial charge in [0.05, 0.1) is 6.61 Å². The first kappa shape index (κ1) is 19.9. The predicted octanol–water partition coefficient (Wildman–Crippen LogP) is 1.06. The van der Waals surface area contributed by atoms with Gasteiger partial charge in [0.1, 0.15) is 0 Å². The zero-order valence-electron chi connectivity index (χ0n) is 13.3. The van der Waals surface area contributed by atoms with Gasteiger partial charge in [-0.15, -0.1) is 0 Å². The van der Waals surface area contributed by atoms with Gasteiger partial charge in [-0.3, -0.25) is 4.79 Å². The Morgan fingerprint density at radius 1 is 1.10 bits per heavy atom. The number of hydrogen-bond donors (Lipinski definition) is 2. The van der Waals surface area contributed by atoms with E-state index in [2.05, 4.69) is 6.92 Å². The van der Waals surface area contributed by atoms with Crippen LogP contribution < -0.4 is 5.73 Å². The summed E-state index contributed by atoms with van der Waals surface area (Å²) in [6.45, 7) is 5.01. The first-order valence-electron chi connectivity index (χ1n) is 7.90. The standard InChI is InChI=1S/C15H30N2O4/c1-3-5-6-7-8-10-17(11-9-12-18)14(19)13(16)15(20)21-4-2/h13,18H,3-12,16H2,1-2H3. The SMILES string of the molecule is CCCCCCCN(CCCO)C(=O)C(N)C(=O)OCC. The molecule has 0 aliphatic carbocycles. The molecule has 0 aromatic heterocycles. The molecule has 0 aromatic carbocycles. The van der Waals surface area contributed by atoms with Crippen molar-refractivity contribution in [2.24, 2.45) is 5.73 Å². The van der Waals surface area contributed by atoms with Gasteiger partial charge in [-0.05, 0) is 19.8 Å². The van der Waals surface area contributed by atoms with Gasteiger partial charge in [0.2, 0.25) is 0 Å². The van der Waals surface area contributed by atoms with Gasteiger partial charge < -0.3 is 20.5 Å². The van der Waals surface area contributed by atoms with Gasteiger partial charge >= 0.3 is 5.97 Å². The number of unbranched alkanes of at least 4 members (excludes halogenated alkanes) is 4. The van der Waals surface area contributed by atoms with Crippen molar-refractivity contribution in [3.8, 4) is 0 Å². The predicted molar refractivity (Wildman–Crippen MR) is 81.7 cm³/mol. The van der Waals surface area contributed by atoms with E-state index in [1.54, 1.807) is 11.8 Å². The monoisotopic (exact) mass is 302 g/mol. The Labute approximate surface area is 127 Å². The van der Waals surface area contributed by atoms with Crippen molar-refractivity contribution in [1.82, 2.24) is 4.90 Å². The van der Waals surface area contributed by atoms with Crippen LogP contribution in [0.15, 0.2) is 0 Å². The second kappa shape index (κ2) is 12.6. The Hall–Kier alpha value is -1.14. The van der Waals surface area contributed by atoms with Crippen LogP contribution in [0.5, 0.6) is 0 Å². The lowest BCUT2D eigenvalue weighted by molar-refractivity contribution is -0.151. The van der Waals surface area contributed by atoms with E-state index in [4.69, 9.17) is 15.6 Å². The van der Waals surface area contributed by atoms with Gasteiger partial charge in [0.25, 0.3) is 5.91 Å². The third kappa shape index (κ3) is 8.67. The van der Waals surface area contributed by atoms with E-state index in [1.165, 1.54) is 12.8 Å². The molecule has 1 amide bonds. The topological polar surface area (TPSA) is 92.9 Å². The summed E-state index contributed by atoms with van der Waals surface area (Å²) in [4.78, 5) is 25.3. The van der Waals surface area contributed by atoms with Crippen molar-refractivity contribution in [1.29, 1.82) is 0 Å². The smallest absolute Gasteiger partial charge is 0.332 e. The molecule has 124 valence electrons.